The highest BCUT2D eigenvalue weighted by Crippen LogP contribution is 2.20. The number of nitrogens with one attached hydrogen (secondary N) is 1. The van der Waals surface area contributed by atoms with Gasteiger partial charge in [-0.2, -0.15) is 5.10 Å². The van der Waals surface area contributed by atoms with Crippen LogP contribution in [0.4, 0.5) is 0 Å². The highest BCUT2D eigenvalue weighted by molar-refractivity contribution is 6.06. The summed E-state index contributed by atoms with van der Waals surface area (Å²) >= 11 is 0. The van der Waals surface area contributed by atoms with Crippen LogP contribution in [0.25, 0.3) is 0 Å². The highest BCUT2D eigenvalue weighted by Gasteiger charge is 2.16. The number of aromatic nitrogens is 3. The minimum Gasteiger partial charge on any atom is -0.489 e. The summed E-state index contributed by atoms with van der Waals surface area (Å²) in [5, 5.41) is 6.08. The number of ketones is 2. The van der Waals surface area contributed by atoms with Crippen molar-refractivity contribution in [3.05, 3.63) is 77.9 Å². The number of hydrogen-bond acceptors (Lipinski definition) is 5. The standard InChI is InChI=1S/C19H17N3O3/c23-16(11-17(24)19-20-13-21-22-19)10-15-8-4-5-9-18(15)25-12-14-6-2-1-3-7-14/h1-9,13H,10-12H2,(H,20,21,22). The summed E-state index contributed by atoms with van der Waals surface area (Å²) in [6.07, 6.45) is 1.15. The normalized spacial score (nSPS) is 10.4. The predicted molar refractivity (Wildman–Crippen MR) is 91.3 cm³/mol. The van der Waals surface area contributed by atoms with Crippen LogP contribution in [0.1, 0.15) is 28.2 Å². The van der Waals surface area contributed by atoms with Gasteiger partial charge in [0.05, 0.1) is 6.42 Å². The number of aromatic amines is 1. The lowest BCUT2D eigenvalue weighted by atomic mass is 10.0. The molecule has 0 atom stereocenters. The van der Waals surface area contributed by atoms with Gasteiger partial charge >= 0.3 is 0 Å². The Morgan fingerprint density at radius 2 is 1.76 bits per heavy atom. The molecule has 25 heavy (non-hydrogen) atoms. The summed E-state index contributed by atoms with van der Waals surface area (Å²) < 4.78 is 5.84. The fourth-order valence-corrected chi connectivity index (χ4v) is 2.40. The second kappa shape index (κ2) is 8.01. The average molecular weight is 335 g/mol. The second-order valence-electron chi connectivity index (χ2n) is 5.53. The van der Waals surface area contributed by atoms with Crippen LogP contribution in [0.3, 0.4) is 0 Å². The van der Waals surface area contributed by atoms with E-state index in [1.165, 1.54) is 6.33 Å². The van der Waals surface area contributed by atoms with Crippen molar-refractivity contribution in [3.63, 3.8) is 0 Å². The van der Waals surface area contributed by atoms with Gasteiger partial charge in [-0.15, -0.1) is 0 Å². The van der Waals surface area contributed by atoms with Crippen molar-refractivity contribution in [1.82, 2.24) is 15.2 Å². The Bertz CT molecular complexity index is 845. The molecule has 0 aliphatic rings. The SMILES string of the molecule is O=C(CC(=O)c1ncn[nH]1)Cc1ccccc1OCc1ccccc1. The van der Waals surface area contributed by atoms with E-state index in [0.29, 0.717) is 12.4 Å². The van der Waals surface area contributed by atoms with Gasteiger partial charge in [-0.1, -0.05) is 48.5 Å². The molecule has 6 heteroatoms. The van der Waals surface area contributed by atoms with Crippen molar-refractivity contribution in [2.75, 3.05) is 0 Å². The molecule has 3 rings (SSSR count). The summed E-state index contributed by atoms with van der Waals surface area (Å²) in [6, 6.07) is 17.1. The van der Waals surface area contributed by atoms with Crippen LogP contribution < -0.4 is 4.74 Å². The van der Waals surface area contributed by atoms with E-state index in [4.69, 9.17) is 4.74 Å². The predicted octanol–water partition coefficient (Wildman–Crippen LogP) is 2.77. The van der Waals surface area contributed by atoms with E-state index >= 15 is 0 Å². The number of rotatable bonds is 8. The Labute approximate surface area is 144 Å². The molecule has 0 aliphatic carbocycles. The smallest absolute Gasteiger partial charge is 0.206 e. The quantitative estimate of drug-likeness (QED) is 0.505. The molecular formula is C19H17N3O3. The topological polar surface area (TPSA) is 84.9 Å². The molecule has 1 heterocycles. The highest BCUT2D eigenvalue weighted by atomic mass is 16.5. The number of carbonyl (C=O) groups is 2. The molecule has 0 radical (unpaired) electrons. The van der Waals surface area contributed by atoms with E-state index < -0.39 is 0 Å². The van der Waals surface area contributed by atoms with Gasteiger partial charge in [0.1, 0.15) is 24.5 Å². The van der Waals surface area contributed by atoms with Crippen molar-refractivity contribution in [3.8, 4) is 5.75 Å². The summed E-state index contributed by atoms with van der Waals surface area (Å²) in [6.45, 7) is 0.420. The lowest BCUT2D eigenvalue weighted by Gasteiger charge is -2.11. The van der Waals surface area contributed by atoms with E-state index in [9.17, 15) is 9.59 Å². The van der Waals surface area contributed by atoms with E-state index in [-0.39, 0.29) is 30.2 Å². The van der Waals surface area contributed by atoms with Crippen molar-refractivity contribution in [2.24, 2.45) is 0 Å². The third-order valence-electron chi connectivity index (χ3n) is 3.63. The molecule has 0 amide bonds. The minimum atomic E-state index is -0.370. The first kappa shape index (κ1) is 16.6. The fraction of sp³-hybridized carbons (Fsp3) is 0.158. The van der Waals surface area contributed by atoms with Crippen LogP contribution in [0.15, 0.2) is 60.9 Å². The first-order chi connectivity index (χ1) is 12.2. The maximum absolute atomic E-state index is 12.2. The van der Waals surface area contributed by atoms with Crippen LogP contribution in [0.5, 0.6) is 5.75 Å². The Kier molecular flexibility index (Phi) is 5.31. The first-order valence-corrected chi connectivity index (χ1v) is 7.87. The van der Waals surface area contributed by atoms with Crippen LogP contribution in [-0.4, -0.2) is 26.7 Å². The van der Waals surface area contributed by atoms with Crippen molar-refractivity contribution in [1.29, 1.82) is 0 Å². The van der Waals surface area contributed by atoms with Gasteiger partial charge < -0.3 is 4.74 Å². The third-order valence-corrected chi connectivity index (χ3v) is 3.63. The molecule has 3 aromatic rings. The molecule has 0 spiro atoms. The molecule has 2 aromatic carbocycles. The fourth-order valence-electron chi connectivity index (χ4n) is 2.40. The van der Waals surface area contributed by atoms with Crippen LogP contribution >= 0.6 is 0 Å². The van der Waals surface area contributed by atoms with Crippen molar-refractivity contribution >= 4 is 11.6 Å². The van der Waals surface area contributed by atoms with E-state index in [0.717, 1.165) is 11.1 Å². The van der Waals surface area contributed by atoms with Crippen LogP contribution in [-0.2, 0) is 17.8 Å². The van der Waals surface area contributed by atoms with Gasteiger partial charge in [0.15, 0.2) is 5.82 Å². The number of H-pyrrole nitrogens is 1. The molecule has 0 saturated heterocycles. The van der Waals surface area contributed by atoms with Gasteiger partial charge in [0.2, 0.25) is 5.78 Å². The lowest BCUT2D eigenvalue weighted by molar-refractivity contribution is -0.117. The van der Waals surface area contributed by atoms with E-state index in [1.54, 1.807) is 0 Å². The number of Topliss-reactive ketones (excluding diaryl/α,β-unsaturated/α-hetero) is 2. The Balaban J connectivity index is 1.62. The molecule has 126 valence electrons. The van der Waals surface area contributed by atoms with Gasteiger partial charge in [-0.25, -0.2) is 4.98 Å². The van der Waals surface area contributed by atoms with Gasteiger partial charge in [0.25, 0.3) is 0 Å². The summed E-state index contributed by atoms with van der Waals surface area (Å²) in [4.78, 5) is 27.9. The first-order valence-electron chi connectivity index (χ1n) is 7.87. The molecule has 1 aromatic heterocycles. The molecule has 0 saturated carbocycles. The third kappa shape index (κ3) is 4.60. The largest absolute Gasteiger partial charge is 0.489 e. The molecule has 6 nitrogen and oxygen atoms in total. The molecule has 0 fully saturated rings. The summed E-state index contributed by atoms with van der Waals surface area (Å²) in [5.74, 6) is 0.177. The number of para-hydroxylation sites is 1. The maximum atomic E-state index is 12.2. The zero-order valence-corrected chi connectivity index (χ0v) is 13.5. The number of carbonyl (C=O) groups excluding carboxylic acids is 2. The minimum absolute atomic E-state index is 0.0990. The molecule has 1 N–H and O–H groups in total. The number of hydrogen-bond donors (Lipinski definition) is 1. The Morgan fingerprint density at radius 1 is 1.00 bits per heavy atom. The molecule has 0 unspecified atom stereocenters. The van der Waals surface area contributed by atoms with Crippen LogP contribution in [0, 0.1) is 0 Å². The van der Waals surface area contributed by atoms with Crippen LogP contribution in [0.2, 0.25) is 0 Å². The van der Waals surface area contributed by atoms with Gasteiger partial charge in [-0.05, 0) is 11.6 Å². The van der Waals surface area contributed by atoms with Gasteiger partial charge in [0, 0.05) is 12.0 Å². The summed E-state index contributed by atoms with van der Waals surface area (Å²) in [7, 11) is 0. The Morgan fingerprint density at radius 3 is 2.52 bits per heavy atom. The second-order valence-corrected chi connectivity index (χ2v) is 5.53. The molecular weight excluding hydrogens is 318 g/mol. The maximum Gasteiger partial charge on any atom is 0.206 e. The number of ether oxygens (including phenoxy) is 1. The lowest BCUT2D eigenvalue weighted by Crippen LogP contribution is -2.12. The average Bonchev–Trinajstić information content (AvgIpc) is 3.17. The van der Waals surface area contributed by atoms with Crippen molar-refractivity contribution < 1.29 is 14.3 Å². The monoisotopic (exact) mass is 335 g/mol. The molecule has 0 aliphatic heterocycles. The van der Waals surface area contributed by atoms with Gasteiger partial charge in [-0.3, -0.25) is 14.7 Å². The zero-order valence-electron chi connectivity index (χ0n) is 13.5. The zero-order chi connectivity index (χ0) is 17.5. The molecule has 0 bridgehead atoms. The van der Waals surface area contributed by atoms with E-state index in [2.05, 4.69) is 15.2 Å². The van der Waals surface area contributed by atoms with E-state index in [1.807, 2.05) is 54.6 Å². The number of benzene rings is 2. The van der Waals surface area contributed by atoms with Crippen molar-refractivity contribution in [2.45, 2.75) is 19.4 Å². The summed E-state index contributed by atoms with van der Waals surface area (Å²) in [5.41, 5.74) is 1.80. The number of nitrogens with zero attached hydrogens (tertiary/aromatic N) is 2. The Hall–Kier alpha value is -3.28.